The lowest BCUT2D eigenvalue weighted by atomic mass is 9.98. The third-order valence-corrected chi connectivity index (χ3v) is 7.37. The average molecular weight is 630 g/mol. The predicted octanol–water partition coefficient (Wildman–Crippen LogP) is 5.00. The zero-order valence-electron chi connectivity index (χ0n) is 23.2. The SMILES string of the molecule is C=C1C=C(c2cc(C(=O)N(C)c3cnn(C(C)(C)C)c3I)ncc2C)C=C(N2CCOCC2)N1N=C(C)C. The van der Waals surface area contributed by atoms with Crippen LogP contribution in [-0.2, 0) is 10.3 Å². The molecule has 38 heavy (non-hydrogen) atoms. The molecule has 0 bridgehead atoms. The highest BCUT2D eigenvalue weighted by Gasteiger charge is 2.27. The van der Waals surface area contributed by atoms with E-state index in [4.69, 9.17) is 9.84 Å². The molecule has 4 heterocycles. The van der Waals surface area contributed by atoms with Crippen LogP contribution in [0.25, 0.3) is 5.57 Å². The summed E-state index contributed by atoms with van der Waals surface area (Å²) in [5, 5.41) is 11.1. The Hall–Kier alpha value is -2.99. The number of carbonyl (C=O) groups excluding carboxylic acids is 1. The number of hydrazone groups is 1. The highest BCUT2D eigenvalue weighted by atomic mass is 127. The largest absolute Gasteiger partial charge is 0.378 e. The molecule has 0 radical (unpaired) electrons. The van der Waals surface area contributed by atoms with Gasteiger partial charge >= 0.3 is 0 Å². The van der Waals surface area contributed by atoms with Crippen LogP contribution in [0.4, 0.5) is 5.69 Å². The maximum Gasteiger partial charge on any atom is 0.276 e. The number of pyridine rings is 1. The Morgan fingerprint density at radius 1 is 1.18 bits per heavy atom. The van der Waals surface area contributed by atoms with Crippen LogP contribution >= 0.6 is 22.6 Å². The molecular weight excluding hydrogens is 593 g/mol. The van der Waals surface area contributed by atoms with Crippen LogP contribution in [0.3, 0.4) is 0 Å². The Bertz CT molecular complexity index is 1340. The number of ether oxygens (including phenoxy) is 1. The number of allylic oxidation sites excluding steroid dienone is 3. The van der Waals surface area contributed by atoms with E-state index in [1.165, 1.54) is 0 Å². The van der Waals surface area contributed by atoms with Gasteiger partial charge in [0.1, 0.15) is 15.2 Å². The summed E-state index contributed by atoms with van der Waals surface area (Å²) in [4.78, 5) is 21.9. The second kappa shape index (κ2) is 11.0. The van der Waals surface area contributed by atoms with Gasteiger partial charge in [-0.25, -0.2) is 5.01 Å². The minimum atomic E-state index is -0.196. The Balaban J connectivity index is 1.70. The molecule has 0 aliphatic carbocycles. The number of anilines is 1. The first kappa shape index (κ1) is 28.0. The lowest BCUT2D eigenvalue weighted by Crippen LogP contribution is -2.41. The van der Waals surface area contributed by atoms with Crippen molar-refractivity contribution in [2.45, 2.75) is 47.1 Å². The molecule has 10 heteroatoms. The van der Waals surface area contributed by atoms with E-state index < -0.39 is 0 Å². The van der Waals surface area contributed by atoms with Crippen molar-refractivity contribution in [3.63, 3.8) is 0 Å². The number of nitrogens with zero attached hydrogens (tertiary/aromatic N) is 7. The number of aromatic nitrogens is 3. The second-order valence-electron chi connectivity index (χ2n) is 10.7. The van der Waals surface area contributed by atoms with Gasteiger partial charge in [-0.1, -0.05) is 6.58 Å². The number of rotatable bonds is 5. The van der Waals surface area contributed by atoms with Crippen molar-refractivity contribution >= 4 is 45.5 Å². The smallest absolute Gasteiger partial charge is 0.276 e. The lowest BCUT2D eigenvalue weighted by Gasteiger charge is -2.38. The minimum Gasteiger partial charge on any atom is -0.378 e. The summed E-state index contributed by atoms with van der Waals surface area (Å²) >= 11 is 2.24. The maximum atomic E-state index is 13.6. The van der Waals surface area contributed by atoms with Crippen molar-refractivity contribution in [3.8, 4) is 0 Å². The third-order valence-electron chi connectivity index (χ3n) is 6.36. The van der Waals surface area contributed by atoms with Gasteiger partial charge in [-0.15, -0.1) is 0 Å². The monoisotopic (exact) mass is 629 g/mol. The number of halogens is 1. The zero-order chi connectivity index (χ0) is 27.8. The molecule has 1 fully saturated rings. The van der Waals surface area contributed by atoms with Gasteiger partial charge in [0.15, 0.2) is 0 Å². The Morgan fingerprint density at radius 3 is 2.47 bits per heavy atom. The van der Waals surface area contributed by atoms with Crippen molar-refractivity contribution in [2.24, 2.45) is 5.10 Å². The first-order valence-corrected chi connectivity index (χ1v) is 13.7. The summed E-state index contributed by atoms with van der Waals surface area (Å²) < 4.78 is 8.39. The molecule has 1 amide bonds. The van der Waals surface area contributed by atoms with Crippen molar-refractivity contribution in [3.05, 3.63) is 69.2 Å². The minimum absolute atomic E-state index is 0.192. The normalized spacial score (nSPS) is 16.3. The topological polar surface area (TPSA) is 79.1 Å². The number of morpholine rings is 1. The fourth-order valence-corrected chi connectivity index (χ4v) is 5.72. The Kier molecular flexibility index (Phi) is 8.12. The first-order chi connectivity index (χ1) is 17.9. The van der Waals surface area contributed by atoms with E-state index in [-0.39, 0.29) is 11.4 Å². The van der Waals surface area contributed by atoms with Crippen LogP contribution in [0, 0.1) is 10.6 Å². The van der Waals surface area contributed by atoms with E-state index in [0.29, 0.717) is 18.9 Å². The second-order valence-corrected chi connectivity index (χ2v) is 11.7. The summed E-state index contributed by atoms with van der Waals surface area (Å²) in [6, 6.07) is 1.87. The van der Waals surface area contributed by atoms with E-state index >= 15 is 0 Å². The summed E-state index contributed by atoms with van der Waals surface area (Å²) in [6.45, 7) is 19.4. The predicted molar refractivity (Wildman–Crippen MR) is 160 cm³/mol. The molecule has 202 valence electrons. The fourth-order valence-electron chi connectivity index (χ4n) is 4.37. The van der Waals surface area contributed by atoms with Crippen LogP contribution in [0.1, 0.15) is 56.2 Å². The van der Waals surface area contributed by atoms with Gasteiger partial charge in [-0.2, -0.15) is 10.2 Å². The summed E-state index contributed by atoms with van der Waals surface area (Å²) in [7, 11) is 1.76. The molecule has 0 spiro atoms. The van der Waals surface area contributed by atoms with Gasteiger partial charge in [0, 0.05) is 32.0 Å². The molecule has 0 N–H and O–H groups in total. The van der Waals surface area contributed by atoms with Crippen LogP contribution in [0.2, 0.25) is 0 Å². The molecule has 2 aliphatic rings. The van der Waals surface area contributed by atoms with Gasteiger partial charge in [0.05, 0.1) is 36.3 Å². The summed E-state index contributed by atoms with van der Waals surface area (Å²) in [6.07, 6.45) is 7.61. The number of hydrogen-bond donors (Lipinski definition) is 0. The van der Waals surface area contributed by atoms with Gasteiger partial charge < -0.3 is 14.5 Å². The van der Waals surface area contributed by atoms with Crippen molar-refractivity contribution < 1.29 is 9.53 Å². The Morgan fingerprint density at radius 2 is 1.87 bits per heavy atom. The molecule has 0 aromatic carbocycles. The van der Waals surface area contributed by atoms with Gasteiger partial charge in [-0.3, -0.25) is 14.5 Å². The highest BCUT2D eigenvalue weighted by Crippen LogP contribution is 2.33. The van der Waals surface area contributed by atoms with Gasteiger partial charge in [0.2, 0.25) is 0 Å². The third kappa shape index (κ3) is 5.70. The highest BCUT2D eigenvalue weighted by molar-refractivity contribution is 14.1. The van der Waals surface area contributed by atoms with Crippen LogP contribution in [0.5, 0.6) is 0 Å². The lowest BCUT2D eigenvalue weighted by molar-refractivity contribution is 0.0413. The van der Waals surface area contributed by atoms with Crippen LogP contribution < -0.4 is 4.90 Å². The molecule has 0 unspecified atom stereocenters. The molecule has 1 saturated heterocycles. The summed E-state index contributed by atoms with van der Waals surface area (Å²) in [5.74, 6) is 0.750. The quantitative estimate of drug-likeness (QED) is 0.342. The van der Waals surface area contributed by atoms with Crippen LogP contribution in [0.15, 0.2) is 53.8 Å². The zero-order valence-corrected chi connectivity index (χ0v) is 25.4. The van der Waals surface area contributed by atoms with E-state index in [1.54, 1.807) is 24.3 Å². The van der Waals surface area contributed by atoms with Gasteiger partial charge in [-0.05, 0) is 99.1 Å². The molecule has 2 aromatic heterocycles. The molecule has 2 aliphatic heterocycles. The van der Waals surface area contributed by atoms with E-state index in [2.05, 4.69) is 71.0 Å². The van der Waals surface area contributed by atoms with E-state index in [0.717, 1.165) is 56.4 Å². The van der Waals surface area contributed by atoms with Crippen molar-refractivity contribution in [1.82, 2.24) is 24.7 Å². The number of amides is 1. The standard InChI is InChI=1S/C28H36IN7O2/c1-18(2)32-35-20(4)13-21(14-25(35)34-9-11-38-12-10-34)22-15-23(30-16-19(22)3)27(37)33(8)24-17-31-36(26(24)29)28(5,6)7/h13-17H,4,9-12H2,1-3,5-8H3. The first-order valence-electron chi connectivity index (χ1n) is 12.6. The molecule has 0 atom stereocenters. The van der Waals surface area contributed by atoms with Gasteiger partial charge in [0.25, 0.3) is 5.91 Å². The number of aryl methyl sites for hydroxylation is 1. The Labute approximate surface area is 238 Å². The molecule has 2 aromatic rings. The molecule has 9 nitrogen and oxygen atoms in total. The van der Waals surface area contributed by atoms with Crippen molar-refractivity contribution in [1.29, 1.82) is 0 Å². The summed E-state index contributed by atoms with van der Waals surface area (Å²) in [5.41, 5.74) is 5.48. The fraction of sp³-hybridized carbons (Fsp3) is 0.429. The number of hydrogen-bond acceptors (Lipinski definition) is 7. The van der Waals surface area contributed by atoms with Crippen LogP contribution in [-0.4, -0.2) is 69.6 Å². The molecule has 0 saturated carbocycles. The maximum absolute atomic E-state index is 13.6. The van der Waals surface area contributed by atoms with Crippen molar-refractivity contribution in [2.75, 3.05) is 38.3 Å². The molecule has 4 rings (SSSR count). The van der Waals surface area contributed by atoms with E-state index in [1.807, 2.05) is 42.6 Å². The number of carbonyl (C=O) groups is 1. The average Bonchev–Trinajstić information content (AvgIpc) is 3.26. The molecular formula is C28H36IN7O2. The van der Waals surface area contributed by atoms with E-state index in [9.17, 15) is 4.79 Å².